The number of benzene rings is 3. The lowest BCUT2D eigenvalue weighted by Gasteiger charge is -2.32. The van der Waals surface area contributed by atoms with Gasteiger partial charge in [-0.1, -0.05) is 65.6 Å². The Morgan fingerprint density at radius 1 is 0.974 bits per heavy atom. The molecule has 0 heterocycles. The summed E-state index contributed by atoms with van der Waals surface area (Å²) in [5.41, 5.74) is 1.98. The number of amides is 2. The second-order valence-corrected chi connectivity index (χ2v) is 13.0. The van der Waals surface area contributed by atoms with Crippen LogP contribution in [0.3, 0.4) is 0 Å². The number of aryl methyl sites for hydroxylation is 1. The Labute approximate surface area is 244 Å². The number of rotatable bonds is 11. The fourth-order valence-corrected chi connectivity index (χ4v) is 5.89. The number of hydrogen-bond donors (Lipinski definition) is 1. The molecule has 0 fully saturated rings. The molecule has 3 rings (SSSR count). The molecule has 1 N–H and O–H groups in total. The number of halogens is 2. The highest BCUT2D eigenvalue weighted by Crippen LogP contribution is 2.26. The molecular weight excluding hydrogens is 602 g/mol. The zero-order chi connectivity index (χ0) is 28.7. The Bertz CT molecular complexity index is 1410. The lowest BCUT2D eigenvalue weighted by Crippen LogP contribution is -2.51. The molecule has 0 spiro atoms. The van der Waals surface area contributed by atoms with Crippen LogP contribution in [0.15, 0.2) is 82.2 Å². The zero-order valence-electron chi connectivity index (χ0n) is 22.4. The van der Waals surface area contributed by atoms with Crippen LogP contribution in [0.5, 0.6) is 0 Å². The molecule has 0 aliphatic rings. The van der Waals surface area contributed by atoms with Gasteiger partial charge < -0.3 is 10.2 Å². The normalized spacial score (nSPS) is 12.2. The van der Waals surface area contributed by atoms with E-state index in [1.54, 1.807) is 25.1 Å². The Kier molecular flexibility index (Phi) is 10.6. The fourth-order valence-electron chi connectivity index (χ4n) is 3.91. The van der Waals surface area contributed by atoms with E-state index in [-0.39, 0.29) is 23.3 Å². The third-order valence-corrected chi connectivity index (χ3v) is 8.60. The summed E-state index contributed by atoms with van der Waals surface area (Å²) in [5.74, 6) is -0.590. The van der Waals surface area contributed by atoms with Crippen LogP contribution in [0.2, 0.25) is 5.02 Å². The summed E-state index contributed by atoms with van der Waals surface area (Å²) < 4.78 is 29.6. The summed E-state index contributed by atoms with van der Waals surface area (Å²) in [6, 6.07) is 19.3. The van der Waals surface area contributed by atoms with Crippen molar-refractivity contribution in [1.82, 2.24) is 10.2 Å². The molecular formula is C29H33BrClN3O4S. The molecule has 1 atom stereocenters. The van der Waals surface area contributed by atoms with Gasteiger partial charge in [0.1, 0.15) is 12.6 Å². The standard InChI is InChI=1S/C29H33BrClN3O4S/c1-20(2)17-32-29(36)22(4)33(18-23-8-6-9-24(30)16-23)28(35)19-34(26-10-5-7-21(3)15-26)39(37,38)27-13-11-25(31)12-14-27/h5-16,20,22H,17-19H2,1-4H3,(H,32,36)/t22-/m0/s1. The van der Waals surface area contributed by atoms with Crippen molar-refractivity contribution < 1.29 is 18.0 Å². The third-order valence-electron chi connectivity index (χ3n) is 6.06. The van der Waals surface area contributed by atoms with Gasteiger partial charge in [0, 0.05) is 22.6 Å². The van der Waals surface area contributed by atoms with Gasteiger partial charge in [-0.15, -0.1) is 0 Å². The molecule has 208 valence electrons. The average Bonchev–Trinajstić information content (AvgIpc) is 2.88. The van der Waals surface area contributed by atoms with Crippen molar-refractivity contribution in [3.8, 4) is 0 Å². The van der Waals surface area contributed by atoms with Crippen LogP contribution in [0.4, 0.5) is 5.69 Å². The van der Waals surface area contributed by atoms with E-state index in [1.807, 2.05) is 51.1 Å². The molecule has 0 aliphatic carbocycles. The van der Waals surface area contributed by atoms with E-state index >= 15 is 0 Å². The summed E-state index contributed by atoms with van der Waals surface area (Å²) in [6.45, 7) is 7.55. The zero-order valence-corrected chi connectivity index (χ0v) is 25.6. The van der Waals surface area contributed by atoms with Gasteiger partial charge in [0.25, 0.3) is 10.0 Å². The molecule has 7 nitrogen and oxygen atoms in total. The van der Waals surface area contributed by atoms with Crippen molar-refractivity contribution in [2.24, 2.45) is 5.92 Å². The first-order valence-electron chi connectivity index (χ1n) is 12.5. The largest absolute Gasteiger partial charge is 0.354 e. The molecule has 0 aromatic heterocycles. The van der Waals surface area contributed by atoms with Gasteiger partial charge in [-0.3, -0.25) is 13.9 Å². The minimum Gasteiger partial charge on any atom is -0.354 e. The van der Waals surface area contributed by atoms with Gasteiger partial charge >= 0.3 is 0 Å². The van der Waals surface area contributed by atoms with Crippen molar-refractivity contribution in [2.45, 2.75) is 45.2 Å². The summed E-state index contributed by atoms with van der Waals surface area (Å²) in [5, 5.41) is 3.28. The van der Waals surface area contributed by atoms with Crippen LogP contribution in [0.25, 0.3) is 0 Å². The maximum atomic E-state index is 13.9. The summed E-state index contributed by atoms with van der Waals surface area (Å²) >= 11 is 9.44. The lowest BCUT2D eigenvalue weighted by atomic mass is 10.1. The van der Waals surface area contributed by atoms with Crippen LogP contribution in [-0.2, 0) is 26.2 Å². The van der Waals surface area contributed by atoms with Crippen LogP contribution < -0.4 is 9.62 Å². The predicted octanol–water partition coefficient (Wildman–Crippen LogP) is 5.80. The van der Waals surface area contributed by atoms with Gasteiger partial charge in [-0.2, -0.15) is 0 Å². The highest BCUT2D eigenvalue weighted by Gasteiger charge is 2.32. The van der Waals surface area contributed by atoms with E-state index in [9.17, 15) is 18.0 Å². The molecule has 0 saturated carbocycles. The lowest BCUT2D eigenvalue weighted by molar-refractivity contribution is -0.139. The molecule has 3 aromatic rings. The Morgan fingerprint density at radius 2 is 1.64 bits per heavy atom. The molecule has 2 amide bonds. The third kappa shape index (κ3) is 8.30. The Hall–Kier alpha value is -2.88. The van der Waals surface area contributed by atoms with Crippen molar-refractivity contribution in [2.75, 3.05) is 17.4 Å². The van der Waals surface area contributed by atoms with E-state index < -0.39 is 28.5 Å². The van der Waals surface area contributed by atoms with Gasteiger partial charge in [0.15, 0.2) is 0 Å². The van der Waals surface area contributed by atoms with Crippen LogP contribution in [0, 0.1) is 12.8 Å². The second-order valence-electron chi connectivity index (χ2n) is 9.77. The summed E-state index contributed by atoms with van der Waals surface area (Å²) in [6.07, 6.45) is 0. The van der Waals surface area contributed by atoms with Crippen LogP contribution in [0.1, 0.15) is 31.9 Å². The van der Waals surface area contributed by atoms with Crippen LogP contribution >= 0.6 is 27.5 Å². The monoisotopic (exact) mass is 633 g/mol. The smallest absolute Gasteiger partial charge is 0.264 e. The quantitative estimate of drug-likeness (QED) is 0.289. The molecule has 0 radical (unpaired) electrons. The number of nitrogens with one attached hydrogen (secondary N) is 1. The maximum Gasteiger partial charge on any atom is 0.264 e. The van der Waals surface area contributed by atoms with E-state index in [0.29, 0.717) is 17.3 Å². The molecule has 0 saturated heterocycles. The molecule has 0 unspecified atom stereocenters. The van der Waals surface area contributed by atoms with Crippen molar-refractivity contribution in [1.29, 1.82) is 0 Å². The number of sulfonamides is 1. The fraction of sp³-hybridized carbons (Fsp3) is 0.310. The van der Waals surface area contributed by atoms with E-state index in [4.69, 9.17) is 11.6 Å². The SMILES string of the molecule is Cc1cccc(N(CC(=O)N(Cc2cccc(Br)c2)[C@@H](C)C(=O)NCC(C)C)S(=O)(=O)c2ccc(Cl)cc2)c1. The molecule has 3 aromatic carbocycles. The molecule has 39 heavy (non-hydrogen) atoms. The van der Waals surface area contributed by atoms with Crippen molar-refractivity contribution in [3.05, 3.63) is 93.4 Å². The molecule has 10 heteroatoms. The van der Waals surface area contributed by atoms with Crippen molar-refractivity contribution >= 4 is 55.1 Å². The Morgan fingerprint density at radius 3 is 2.26 bits per heavy atom. The van der Waals surface area contributed by atoms with E-state index in [2.05, 4.69) is 21.2 Å². The number of nitrogens with zero attached hydrogens (tertiary/aromatic N) is 2. The van der Waals surface area contributed by atoms with E-state index in [0.717, 1.165) is 19.9 Å². The minimum absolute atomic E-state index is 0.00229. The number of hydrogen-bond acceptors (Lipinski definition) is 4. The van der Waals surface area contributed by atoms with Gasteiger partial charge in [-0.25, -0.2) is 8.42 Å². The Balaban J connectivity index is 2.01. The second kappa shape index (κ2) is 13.5. The van der Waals surface area contributed by atoms with Crippen molar-refractivity contribution in [3.63, 3.8) is 0 Å². The predicted molar refractivity (Wildman–Crippen MR) is 159 cm³/mol. The van der Waals surface area contributed by atoms with Crippen LogP contribution in [-0.4, -0.2) is 44.3 Å². The number of carbonyl (C=O) groups is 2. The summed E-state index contributed by atoms with van der Waals surface area (Å²) in [4.78, 5) is 28.4. The first-order chi connectivity index (χ1) is 18.4. The highest BCUT2D eigenvalue weighted by atomic mass is 79.9. The number of carbonyl (C=O) groups excluding carboxylic acids is 2. The first-order valence-corrected chi connectivity index (χ1v) is 15.2. The topological polar surface area (TPSA) is 86.8 Å². The molecule has 0 aliphatic heterocycles. The first kappa shape index (κ1) is 30.7. The van der Waals surface area contributed by atoms with E-state index in [1.165, 1.54) is 29.2 Å². The van der Waals surface area contributed by atoms with Gasteiger partial charge in [-0.05, 0) is 79.4 Å². The highest BCUT2D eigenvalue weighted by molar-refractivity contribution is 9.10. The minimum atomic E-state index is -4.14. The number of anilines is 1. The van der Waals surface area contributed by atoms with Gasteiger partial charge in [0.05, 0.1) is 10.6 Å². The van der Waals surface area contributed by atoms with Gasteiger partial charge in [0.2, 0.25) is 11.8 Å². The molecule has 0 bridgehead atoms. The summed E-state index contributed by atoms with van der Waals surface area (Å²) in [7, 11) is -4.14. The average molecular weight is 635 g/mol. The maximum absolute atomic E-state index is 13.9.